The summed E-state index contributed by atoms with van der Waals surface area (Å²) >= 11 is 0. The Hall–Kier alpha value is -1.38. The number of carbonyl (C=O) groups is 1. The fourth-order valence-electron chi connectivity index (χ4n) is 2.28. The topological polar surface area (TPSA) is 99.9 Å². The zero-order chi connectivity index (χ0) is 15.6. The molecule has 0 spiro atoms. The Morgan fingerprint density at radius 3 is 2.62 bits per heavy atom. The molecule has 1 aromatic heterocycles. The Balaban J connectivity index is 2.09. The average Bonchev–Trinajstić information content (AvgIpc) is 2.91. The van der Waals surface area contributed by atoms with Crippen LogP contribution < -0.4 is 5.32 Å². The van der Waals surface area contributed by atoms with Crippen molar-refractivity contribution >= 4 is 15.9 Å². The van der Waals surface area contributed by atoms with Gasteiger partial charge in [-0.1, -0.05) is 12.8 Å². The molecule has 0 bridgehead atoms. The van der Waals surface area contributed by atoms with Crippen LogP contribution in [0.5, 0.6) is 0 Å². The number of nitrogens with zero attached hydrogens (tertiary/aromatic N) is 1. The molecule has 1 fully saturated rings. The van der Waals surface area contributed by atoms with Gasteiger partial charge in [-0.15, -0.1) is 0 Å². The maximum absolute atomic E-state index is 12.0. The minimum atomic E-state index is -3.70. The Kier molecular flexibility index (Phi) is 4.70. The fourth-order valence-corrected chi connectivity index (χ4v) is 3.07. The lowest BCUT2D eigenvalue weighted by atomic mass is 9.92. The second-order valence-electron chi connectivity index (χ2n) is 5.34. The average molecular weight is 316 g/mol. The predicted molar refractivity (Wildman–Crippen MR) is 75.3 cm³/mol. The van der Waals surface area contributed by atoms with Crippen LogP contribution in [0.2, 0.25) is 0 Å². The van der Waals surface area contributed by atoms with Crippen molar-refractivity contribution in [1.29, 1.82) is 0 Å². The summed E-state index contributed by atoms with van der Waals surface area (Å²) in [4.78, 5) is 12.0. The maximum Gasteiger partial charge on any atom is 0.287 e. The van der Waals surface area contributed by atoms with E-state index < -0.39 is 22.0 Å². The highest BCUT2D eigenvalue weighted by Crippen LogP contribution is 2.20. The summed E-state index contributed by atoms with van der Waals surface area (Å²) in [5, 5.41) is 12.2. The van der Waals surface area contributed by atoms with Crippen molar-refractivity contribution in [2.75, 3.05) is 14.1 Å². The van der Waals surface area contributed by atoms with Crippen LogP contribution in [0, 0.1) is 0 Å². The molecule has 2 atom stereocenters. The molecule has 2 rings (SSSR count). The van der Waals surface area contributed by atoms with Crippen molar-refractivity contribution in [1.82, 2.24) is 9.62 Å². The van der Waals surface area contributed by atoms with Crippen LogP contribution in [0.4, 0.5) is 0 Å². The number of aliphatic hydroxyl groups is 1. The standard InChI is InChI=1S/C13H20N2O5S/c1-15(2)21(18,19)12-8-7-11(20-12)13(17)14-9-5-3-4-6-10(9)16/h7-10,16H,3-6H2,1-2H3,(H,14,17). The third kappa shape index (κ3) is 3.45. The van der Waals surface area contributed by atoms with Crippen molar-refractivity contribution in [3.8, 4) is 0 Å². The second kappa shape index (κ2) is 6.17. The first-order chi connectivity index (χ1) is 9.82. The molecule has 0 aliphatic heterocycles. The van der Waals surface area contributed by atoms with Gasteiger partial charge in [0.05, 0.1) is 12.1 Å². The molecule has 1 aromatic rings. The van der Waals surface area contributed by atoms with Crippen LogP contribution in [-0.4, -0.2) is 50.0 Å². The van der Waals surface area contributed by atoms with Gasteiger partial charge in [-0.25, -0.2) is 12.7 Å². The molecule has 0 radical (unpaired) electrons. The fraction of sp³-hybridized carbons (Fsp3) is 0.615. The molecule has 1 saturated carbocycles. The molecule has 2 N–H and O–H groups in total. The summed E-state index contributed by atoms with van der Waals surface area (Å²) in [5.74, 6) is -0.589. The van der Waals surface area contributed by atoms with Crippen molar-refractivity contribution in [3.05, 3.63) is 17.9 Å². The quantitative estimate of drug-likeness (QED) is 0.845. The van der Waals surface area contributed by atoms with Gasteiger partial charge in [-0.05, 0) is 25.0 Å². The van der Waals surface area contributed by atoms with Gasteiger partial charge in [0, 0.05) is 14.1 Å². The normalized spacial score (nSPS) is 23.2. The van der Waals surface area contributed by atoms with Crippen LogP contribution in [0.15, 0.2) is 21.6 Å². The van der Waals surface area contributed by atoms with E-state index in [2.05, 4.69) is 5.32 Å². The SMILES string of the molecule is CN(C)S(=O)(=O)c1ccc(C(=O)NC2CCCCC2O)o1. The number of aliphatic hydroxyl groups excluding tert-OH is 1. The Morgan fingerprint density at radius 1 is 1.33 bits per heavy atom. The first-order valence-corrected chi connectivity index (χ1v) is 8.27. The highest BCUT2D eigenvalue weighted by atomic mass is 32.2. The van der Waals surface area contributed by atoms with Crippen molar-refractivity contribution < 1.29 is 22.7 Å². The van der Waals surface area contributed by atoms with E-state index in [4.69, 9.17) is 4.42 Å². The van der Waals surface area contributed by atoms with E-state index in [1.165, 1.54) is 26.2 Å². The van der Waals surface area contributed by atoms with Crippen molar-refractivity contribution in [2.24, 2.45) is 0 Å². The molecule has 0 saturated heterocycles. The smallest absolute Gasteiger partial charge is 0.287 e. The van der Waals surface area contributed by atoms with Gasteiger partial charge in [-0.2, -0.15) is 0 Å². The van der Waals surface area contributed by atoms with E-state index in [-0.39, 0.29) is 16.9 Å². The third-order valence-corrected chi connectivity index (χ3v) is 5.28. The lowest BCUT2D eigenvalue weighted by Gasteiger charge is -2.27. The van der Waals surface area contributed by atoms with Crippen LogP contribution in [-0.2, 0) is 10.0 Å². The number of nitrogens with one attached hydrogen (secondary N) is 1. The first kappa shape index (κ1) is 16.0. The number of furan rings is 1. The molecule has 8 heteroatoms. The van der Waals surface area contributed by atoms with E-state index >= 15 is 0 Å². The lowest BCUT2D eigenvalue weighted by molar-refractivity contribution is 0.0694. The summed E-state index contributed by atoms with van der Waals surface area (Å²) < 4.78 is 29.9. The first-order valence-electron chi connectivity index (χ1n) is 6.83. The largest absolute Gasteiger partial charge is 0.438 e. The summed E-state index contributed by atoms with van der Waals surface area (Å²) in [6.45, 7) is 0. The van der Waals surface area contributed by atoms with Crippen molar-refractivity contribution in [3.63, 3.8) is 0 Å². The monoisotopic (exact) mass is 316 g/mol. The van der Waals surface area contributed by atoms with Crippen molar-refractivity contribution in [2.45, 2.75) is 42.9 Å². The number of carbonyl (C=O) groups excluding carboxylic acids is 1. The summed E-state index contributed by atoms with van der Waals surface area (Å²) in [5.41, 5.74) is 0. The molecule has 1 aliphatic rings. The predicted octanol–water partition coefficient (Wildman–Crippen LogP) is 0.563. The van der Waals surface area contributed by atoms with Gasteiger partial charge in [0.1, 0.15) is 0 Å². The van der Waals surface area contributed by atoms with Crippen LogP contribution in [0.3, 0.4) is 0 Å². The summed E-state index contributed by atoms with van der Waals surface area (Å²) in [7, 11) is -0.926. The Labute approximate surface area is 124 Å². The highest BCUT2D eigenvalue weighted by molar-refractivity contribution is 7.88. The molecular formula is C13H20N2O5S. The number of sulfonamides is 1. The van der Waals surface area contributed by atoms with Gasteiger partial charge in [-0.3, -0.25) is 4.79 Å². The zero-order valence-corrected chi connectivity index (χ0v) is 12.9. The van der Waals surface area contributed by atoms with E-state index in [0.29, 0.717) is 12.8 Å². The summed E-state index contributed by atoms with van der Waals surface area (Å²) in [6.07, 6.45) is 2.68. The van der Waals surface area contributed by atoms with Gasteiger partial charge in [0.2, 0.25) is 5.09 Å². The van der Waals surface area contributed by atoms with Crippen LogP contribution in [0.1, 0.15) is 36.2 Å². The van der Waals surface area contributed by atoms with Crippen LogP contribution >= 0.6 is 0 Å². The number of amides is 1. The van der Waals surface area contributed by atoms with E-state index in [1.807, 2.05) is 0 Å². The molecule has 1 heterocycles. The Bertz CT molecular complexity index is 608. The minimum Gasteiger partial charge on any atom is -0.438 e. The molecule has 1 amide bonds. The van der Waals surface area contributed by atoms with E-state index in [1.54, 1.807) is 0 Å². The van der Waals surface area contributed by atoms with Gasteiger partial charge in [0.25, 0.3) is 15.9 Å². The lowest BCUT2D eigenvalue weighted by Crippen LogP contribution is -2.44. The third-order valence-electron chi connectivity index (χ3n) is 3.59. The van der Waals surface area contributed by atoms with Crippen LogP contribution in [0.25, 0.3) is 0 Å². The van der Waals surface area contributed by atoms with E-state index in [9.17, 15) is 18.3 Å². The van der Waals surface area contributed by atoms with Gasteiger partial charge < -0.3 is 14.8 Å². The van der Waals surface area contributed by atoms with Gasteiger partial charge in [0.15, 0.2) is 5.76 Å². The second-order valence-corrected chi connectivity index (χ2v) is 7.42. The molecule has 2 unspecified atom stereocenters. The van der Waals surface area contributed by atoms with Gasteiger partial charge >= 0.3 is 0 Å². The molecule has 118 valence electrons. The number of rotatable bonds is 4. The molecule has 1 aliphatic carbocycles. The molecular weight excluding hydrogens is 296 g/mol. The Morgan fingerprint density at radius 2 is 2.00 bits per heavy atom. The van der Waals surface area contributed by atoms with E-state index in [0.717, 1.165) is 17.1 Å². The molecule has 21 heavy (non-hydrogen) atoms. The number of hydrogen-bond acceptors (Lipinski definition) is 5. The zero-order valence-electron chi connectivity index (χ0n) is 12.1. The molecule has 7 nitrogen and oxygen atoms in total. The highest BCUT2D eigenvalue weighted by Gasteiger charge is 2.27. The molecule has 0 aromatic carbocycles. The maximum atomic E-state index is 12.0. The number of hydrogen-bond donors (Lipinski definition) is 2. The summed E-state index contributed by atoms with van der Waals surface area (Å²) in [6, 6.07) is 2.26. The minimum absolute atomic E-state index is 0.0757.